The Kier molecular flexibility index (Phi) is 8.24. The molecule has 0 spiro atoms. The van der Waals surface area contributed by atoms with Gasteiger partial charge in [-0.2, -0.15) is 4.31 Å². The van der Waals surface area contributed by atoms with Crippen LogP contribution in [0.25, 0.3) is 0 Å². The Balaban J connectivity index is 1.55. The molecule has 2 aromatic rings. The highest BCUT2D eigenvalue weighted by atomic mass is 32.2. The predicted molar refractivity (Wildman–Crippen MR) is 119 cm³/mol. The Morgan fingerprint density at radius 3 is 2.34 bits per heavy atom. The number of ether oxygens (including phenoxy) is 2. The van der Waals surface area contributed by atoms with Crippen LogP contribution in [0.2, 0.25) is 0 Å². The molecule has 0 aliphatic carbocycles. The standard InChI is InChI=1S/C23H28N2O6S/c1-30-20-11-9-18(10-12-20)16-24-22(26)17-31-23(27)19-7-6-8-21(15-19)32(28,29)25-13-4-2-3-5-14-25/h6-12,15H,2-5,13-14,16-17H2,1H3,(H,24,26). The first-order valence-electron chi connectivity index (χ1n) is 10.6. The summed E-state index contributed by atoms with van der Waals surface area (Å²) in [6.07, 6.45) is 3.68. The largest absolute Gasteiger partial charge is 0.497 e. The van der Waals surface area contributed by atoms with Gasteiger partial charge in [-0.15, -0.1) is 0 Å². The average Bonchev–Trinajstić information content (AvgIpc) is 3.12. The van der Waals surface area contributed by atoms with Gasteiger partial charge in [0.2, 0.25) is 10.0 Å². The Morgan fingerprint density at radius 1 is 1.00 bits per heavy atom. The number of nitrogens with zero attached hydrogens (tertiary/aromatic N) is 1. The van der Waals surface area contributed by atoms with E-state index in [0.29, 0.717) is 18.8 Å². The lowest BCUT2D eigenvalue weighted by Crippen LogP contribution is -2.32. The second-order valence-electron chi connectivity index (χ2n) is 7.55. The molecule has 1 N–H and O–H groups in total. The van der Waals surface area contributed by atoms with E-state index in [-0.39, 0.29) is 17.0 Å². The number of rotatable bonds is 8. The Bertz CT molecular complexity index is 1030. The van der Waals surface area contributed by atoms with Crippen molar-refractivity contribution in [3.8, 4) is 5.75 Å². The Hall–Kier alpha value is -2.91. The number of methoxy groups -OCH3 is 1. The van der Waals surface area contributed by atoms with E-state index in [1.165, 1.54) is 28.6 Å². The van der Waals surface area contributed by atoms with Crippen LogP contribution in [0.15, 0.2) is 53.4 Å². The molecule has 8 nitrogen and oxygen atoms in total. The maximum atomic E-state index is 12.9. The number of nitrogens with one attached hydrogen (secondary N) is 1. The molecular weight excluding hydrogens is 432 g/mol. The summed E-state index contributed by atoms with van der Waals surface area (Å²) >= 11 is 0. The number of benzene rings is 2. The van der Waals surface area contributed by atoms with Crippen LogP contribution >= 0.6 is 0 Å². The second-order valence-corrected chi connectivity index (χ2v) is 9.49. The molecule has 1 aliphatic rings. The van der Waals surface area contributed by atoms with Gasteiger partial charge in [0, 0.05) is 19.6 Å². The SMILES string of the molecule is COc1ccc(CNC(=O)COC(=O)c2cccc(S(=O)(=O)N3CCCCCC3)c2)cc1. The third-order valence-corrected chi connectivity index (χ3v) is 7.15. The van der Waals surface area contributed by atoms with Crippen LogP contribution in [-0.4, -0.2) is 51.4 Å². The maximum absolute atomic E-state index is 12.9. The maximum Gasteiger partial charge on any atom is 0.338 e. The molecule has 0 saturated carbocycles. The molecule has 0 radical (unpaired) electrons. The molecule has 1 heterocycles. The molecule has 0 unspecified atom stereocenters. The average molecular weight is 461 g/mol. The van der Waals surface area contributed by atoms with Gasteiger partial charge in [0.15, 0.2) is 6.61 Å². The van der Waals surface area contributed by atoms with E-state index in [4.69, 9.17) is 9.47 Å². The van der Waals surface area contributed by atoms with Crippen molar-refractivity contribution >= 4 is 21.9 Å². The van der Waals surface area contributed by atoms with E-state index in [9.17, 15) is 18.0 Å². The van der Waals surface area contributed by atoms with Crippen LogP contribution in [0.3, 0.4) is 0 Å². The van der Waals surface area contributed by atoms with Crippen LogP contribution in [0.5, 0.6) is 5.75 Å². The molecule has 1 aliphatic heterocycles. The van der Waals surface area contributed by atoms with E-state index in [1.54, 1.807) is 19.2 Å². The van der Waals surface area contributed by atoms with Crippen molar-refractivity contribution < 1.29 is 27.5 Å². The fourth-order valence-corrected chi connectivity index (χ4v) is 4.99. The van der Waals surface area contributed by atoms with Crippen LogP contribution < -0.4 is 10.1 Å². The zero-order valence-corrected chi connectivity index (χ0v) is 18.9. The minimum atomic E-state index is -3.68. The van der Waals surface area contributed by atoms with Crippen molar-refractivity contribution in [2.45, 2.75) is 37.1 Å². The Morgan fingerprint density at radius 2 is 1.69 bits per heavy atom. The number of hydrogen-bond donors (Lipinski definition) is 1. The fraction of sp³-hybridized carbons (Fsp3) is 0.391. The highest BCUT2D eigenvalue weighted by molar-refractivity contribution is 7.89. The molecule has 3 rings (SSSR count). The first kappa shape index (κ1) is 23.7. The molecule has 0 aromatic heterocycles. The summed E-state index contributed by atoms with van der Waals surface area (Å²) in [4.78, 5) is 24.5. The van der Waals surface area contributed by atoms with Gasteiger partial charge < -0.3 is 14.8 Å². The Labute approximate surface area is 188 Å². The van der Waals surface area contributed by atoms with Gasteiger partial charge in [-0.05, 0) is 48.7 Å². The lowest BCUT2D eigenvalue weighted by atomic mass is 10.2. The quantitative estimate of drug-likeness (QED) is 0.608. The van der Waals surface area contributed by atoms with Gasteiger partial charge >= 0.3 is 5.97 Å². The minimum Gasteiger partial charge on any atom is -0.497 e. The van der Waals surface area contributed by atoms with Gasteiger partial charge in [-0.3, -0.25) is 4.79 Å². The van der Waals surface area contributed by atoms with Crippen molar-refractivity contribution in [1.82, 2.24) is 9.62 Å². The first-order valence-corrected chi connectivity index (χ1v) is 12.0. The van der Waals surface area contributed by atoms with Crippen molar-refractivity contribution in [3.05, 3.63) is 59.7 Å². The molecule has 9 heteroatoms. The molecule has 172 valence electrons. The summed E-state index contributed by atoms with van der Waals surface area (Å²) in [5.74, 6) is -0.492. The third kappa shape index (κ3) is 6.30. The highest BCUT2D eigenvalue weighted by Crippen LogP contribution is 2.21. The zero-order chi connectivity index (χ0) is 23.0. The van der Waals surface area contributed by atoms with E-state index >= 15 is 0 Å². The van der Waals surface area contributed by atoms with Crippen LogP contribution in [0.4, 0.5) is 0 Å². The number of esters is 1. The van der Waals surface area contributed by atoms with E-state index in [2.05, 4.69) is 5.32 Å². The van der Waals surface area contributed by atoms with E-state index < -0.39 is 28.5 Å². The van der Waals surface area contributed by atoms with E-state index in [1.807, 2.05) is 12.1 Å². The summed E-state index contributed by atoms with van der Waals surface area (Å²) in [6.45, 7) is 0.777. The smallest absolute Gasteiger partial charge is 0.338 e. The van der Waals surface area contributed by atoms with Gasteiger partial charge in [-0.1, -0.05) is 31.0 Å². The van der Waals surface area contributed by atoms with Crippen molar-refractivity contribution in [2.75, 3.05) is 26.8 Å². The summed E-state index contributed by atoms with van der Waals surface area (Å²) in [7, 11) is -2.11. The molecule has 1 amide bonds. The van der Waals surface area contributed by atoms with E-state index in [0.717, 1.165) is 31.2 Å². The molecular formula is C23H28N2O6S. The number of amides is 1. The monoisotopic (exact) mass is 460 g/mol. The fourth-order valence-electron chi connectivity index (χ4n) is 3.42. The van der Waals surface area contributed by atoms with Gasteiger partial charge in [0.1, 0.15) is 5.75 Å². The van der Waals surface area contributed by atoms with Crippen molar-refractivity contribution in [1.29, 1.82) is 0 Å². The lowest BCUT2D eigenvalue weighted by molar-refractivity contribution is -0.124. The topological polar surface area (TPSA) is 102 Å². The van der Waals surface area contributed by atoms with Crippen molar-refractivity contribution in [3.63, 3.8) is 0 Å². The predicted octanol–water partition coefficient (Wildman–Crippen LogP) is 2.73. The molecule has 1 saturated heterocycles. The molecule has 0 atom stereocenters. The van der Waals surface area contributed by atoms with Crippen LogP contribution in [-0.2, 0) is 26.1 Å². The lowest BCUT2D eigenvalue weighted by Gasteiger charge is -2.20. The number of carbonyl (C=O) groups excluding carboxylic acids is 2. The number of sulfonamides is 1. The molecule has 32 heavy (non-hydrogen) atoms. The van der Waals surface area contributed by atoms with Crippen LogP contribution in [0.1, 0.15) is 41.6 Å². The van der Waals surface area contributed by atoms with Crippen LogP contribution in [0, 0.1) is 0 Å². The number of hydrogen-bond acceptors (Lipinski definition) is 6. The zero-order valence-electron chi connectivity index (χ0n) is 18.1. The third-order valence-electron chi connectivity index (χ3n) is 5.26. The minimum absolute atomic E-state index is 0.0535. The van der Waals surface area contributed by atoms with Crippen molar-refractivity contribution in [2.24, 2.45) is 0 Å². The highest BCUT2D eigenvalue weighted by Gasteiger charge is 2.26. The molecule has 2 aromatic carbocycles. The molecule has 1 fully saturated rings. The van der Waals surface area contributed by atoms with Gasteiger partial charge in [0.05, 0.1) is 17.6 Å². The second kappa shape index (κ2) is 11.1. The number of carbonyl (C=O) groups is 2. The normalized spacial score (nSPS) is 14.9. The summed E-state index contributed by atoms with van der Waals surface area (Å²) in [5.41, 5.74) is 0.959. The summed E-state index contributed by atoms with van der Waals surface area (Å²) in [6, 6.07) is 13.0. The first-order chi connectivity index (χ1) is 15.4. The summed E-state index contributed by atoms with van der Waals surface area (Å²) < 4.78 is 37.5. The van der Waals surface area contributed by atoms with Gasteiger partial charge in [-0.25, -0.2) is 13.2 Å². The summed E-state index contributed by atoms with van der Waals surface area (Å²) in [5, 5.41) is 2.67. The molecule has 0 bridgehead atoms. The van der Waals surface area contributed by atoms with Gasteiger partial charge in [0.25, 0.3) is 5.91 Å².